The van der Waals surface area contributed by atoms with E-state index in [0.717, 1.165) is 70.5 Å². The maximum atomic E-state index is 7.29. The first-order valence-corrected chi connectivity index (χ1v) is 28.1. The van der Waals surface area contributed by atoms with Gasteiger partial charge in [-0.05, 0) is 166 Å². The van der Waals surface area contributed by atoms with Crippen molar-refractivity contribution in [1.82, 2.24) is 0 Å². The molecule has 72 heavy (non-hydrogen) atoms. The van der Waals surface area contributed by atoms with E-state index in [0.29, 0.717) is 11.8 Å². The largest absolute Gasteiger partial charge is 0.469 e. The Bertz CT molecular complexity index is 2820. The second-order valence-corrected chi connectivity index (χ2v) is 26.2. The van der Waals surface area contributed by atoms with E-state index in [1.165, 1.54) is 78.5 Å². The number of furan rings is 1. The highest BCUT2D eigenvalue weighted by molar-refractivity contribution is 6.68. The predicted octanol–water partition coefficient (Wildman–Crippen LogP) is 18.7. The number of benzene rings is 4. The Morgan fingerprint density at radius 3 is 1.82 bits per heavy atom. The van der Waals surface area contributed by atoms with Crippen LogP contribution in [0.15, 0.2) is 137 Å². The molecular weight excluding hydrogens is 872 g/mol. The van der Waals surface area contributed by atoms with Gasteiger partial charge in [-0.1, -0.05) is 207 Å². The van der Waals surface area contributed by atoms with Gasteiger partial charge in [-0.15, -0.1) is 0 Å². The fraction of sp³-hybridized carbons (Fsp3) is 0.500. The normalized spacial score (nSPS) is 20.3. The minimum absolute atomic E-state index is 0.0281. The summed E-state index contributed by atoms with van der Waals surface area (Å²) >= 11 is 0. The molecule has 1 fully saturated rings. The van der Waals surface area contributed by atoms with E-state index in [1.807, 2.05) is 0 Å². The van der Waals surface area contributed by atoms with Crippen LogP contribution in [0.2, 0.25) is 0 Å². The van der Waals surface area contributed by atoms with Gasteiger partial charge in [-0.25, -0.2) is 0 Å². The minimum atomic E-state index is 0.0281. The van der Waals surface area contributed by atoms with Crippen molar-refractivity contribution >= 4 is 52.1 Å². The summed E-state index contributed by atoms with van der Waals surface area (Å²) in [6, 6.07) is 32.8. The third-order valence-electron chi connectivity index (χ3n) is 17.9. The predicted molar refractivity (Wildman–Crippen MR) is 315 cm³/mol. The molecule has 2 atom stereocenters. The van der Waals surface area contributed by atoms with Gasteiger partial charge in [-0.3, -0.25) is 0 Å². The van der Waals surface area contributed by atoms with Crippen molar-refractivity contribution in [2.45, 2.75) is 196 Å². The average molecular weight is 962 g/mol. The molecule has 3 nitrogen and oxygen atoms in total. The highest BCUT2D eigenvalue weighted by Gasteiger charge is 2.47. The smallest absolute Gasteiger partial charge is 0.243 e. The Morgan fingerprint density at radius 1 is 0.667 bits per heavy atom. The Balaban J connectivity index is 1.31. The average Bonchev–Trinajstić information content (AvgIpc) is 3.68. The fourth-order valence-corrected chi connectivity index (χ4v) is 12.4. The molecule has 5 aromatic rings. The van der Waals surface area contributed by atoms with Crippen molar-refractivity contribution in [1.29, 1.82) is 0 Å². The zero-order valence-electron chi connectivity index (χ0n) is 47.4. The monoisotopic (exact) mass is 962 g/mol. The maximum absolute atomic E-state index is 7.29. The summed E-state index contributed by atoms with van der Waals surface area (Å²) in [5.74, 6) is 0.932. The Kier molecular flexibility index (Phi) is 15.4. The van der Waals surface area contributed by atoms with Crippen molar-refractivity contribution < 1.29 is 4.42 Å². The number of hydrogen-bond donors (Lipinski definition) is 1. The van der Waals surface area contributed by atoms with E-state index in [4.69, 9.17) is 4.42 Å². The third kappa shape index (κ3) is 11.1. The molecule has 1 aromatic heterocycles. The highest BCUT2D eigenvalue weighted by Crippen LogP contribution is 2.56. The number of hydrogen-bond acceptors (Lipinski definition) is 3. The van der Waals surface area contributed by atoms with Crippen LogP contribution >= 0.6 is 0 Å². The van der Waals surface area contributed by atoms with E-state index in [9.17, 15) is 0 Å². The van der Waals surface area contributed by atoms with Gasteiger partial charge < -0.3 is 14.6 Å². The molecule has 0 saturated heterocycles. The first-order valence-electron chi connectivity index (χ1n) is 28.1. The first kappa shape index (κ1) is 53.3. The molecule has 0 spiro atoms. The molecule has 1 radical (unpaired) electrons. The molecule has 1 N–H and O–H groups in total. The number of nitrogens with zero attached hydrogens (tertiary/aromatic N) is 1. The van der Waals surface area contributed by atoms with Crippen molar-refractivity contribution in [2.24, 2.45) is 22.7 Å². The van der Waals surface area contributed by atoms with Crippen molar-refractivity contribution in [3.63, 3.8) is 0 Å². The van der Waals surface area contributed by atoms with Crippen LogP contribution < -0.4 is 21.3 Å². The van der Waals surface area contributed by atoms with Gasteiger partial charge >= 0.3 is 0 Å². The highest BCUT2D eigenvalue weighted by atomic mass is 16.3. The molecule has 1 saturated carbocycles. The molecule has 0 amide bonds. The molecular formula is C68H90BN2O. The van der Waals surface area contributed by atoms with Gasteiger partial charge in [0, 0.05) is 28.1 Å². The molecule has 381 valence electrons. The van der Waals surface area contributed by atoms with E-state index in [1.54, 1.807) is 0 Å². The van der Waals surface area contributed by atoms with Crippen LogP contribution in [0.4, 0.5) is 22.7 Å². The van der Waals surface area contributed by atoms with E-state index >= 15 is 0 Å². The summed E-state index contributed by atoms with van der Waals surface area (Å²) in [6.07, 6.45) is 26.8. The molecule has 3 aliphatic rings. The SMILES string of the molecule is C/C=C\C=C/CC1=CC2C(C=C1Nc1cccc(N(c3ccc(C(C)(C)CCCC)cc3)c3c([B]c4ccc(C(C)(C)CCCC)cc4)oc4cc5c(cc34)C(C)(C)CCC5(C)C)c1)C(C)(C)CCC2(C)C. The van der Waals surface area contributed by atoms with E-state index < -0.39 is 0 Å². The minimum Gasteiger partial charge on any atom is -0.469 e. The zero-order valence-corrected chi connectivity index (χ0v) is 47.4. The Morgan fingerprint density at radius 2 is 1.24 bits per heavy atom. The fourth-order valence-electron chi connectivity index (χ4n) is 12.4. The maximum Gasteiger partial charge on any atom is 0.243 e. The second kappa shape index (κ2) is 20.7. The van der Waals surface area contributed by atoms with Gasteiger partial charge in [-0.2, -0.15) is 0 Å². The first-order chi connectivity index (χ1) is 34.0. The number of fused-ring (bicyclic) bond motifs is 3. The molecule has 4 aromatic carbocycles. The lowest BCUT2D eigenvalue weighted by atomic mass is 9.53. The van der Waals surface area contributed by atoms with E-state index in [-0.39, 0.29) is 32.5 Å². The number of anilines is 4. The molecule has 1 heterocycles. The van der Waals surface area contributed by atoms with Gasteiger partial charge in [0.1, 0.15) is 5.58 Å². The van der Waals surface area contributed by atoms with Gasteiger partial charge in [0.25, 0.3) is 0 Å². The van der Waals surface area contributed by atoms with Crippen LogP contribution in [0.25, 0.3) is 11.0 Å². The molecule has 3 aliphatic carbocycles. The van der Waals surface area contributed by atoms with E-state index in [2.05, 4.69) is 243 Å². The molecule has 4 heteroatoms. The summed E-state index contributed by atoms with van der Waals surface area (Å²) in [4.78, 5) is 2.50. The van der Waals surface area contributed by atoms with Crippen molar-refractivity contribution in [2.75, 3.05) is 10.2 Å². The lowest BCUT2D eigenvalue weighted by molar-refractivity contribution is 0.0321. The standard InChI is InChI=1S/C68H90BN2O/c1-16-19-22-23-25-47-42-55-57(67(12,13)40-38-65(55,8)9)45-59(47)70-51-26-24-27-53(43-51)71(52-34-30-49(31-35-52)64(6,7)37-21-18-3)61-54-44-56-58(68(14,15)41-39-66(56,10)11)46-60(54)72-62(61)69-50-32-28-48(29-33-50)63(4,5)36-20-17-2/h16,19,22-24,26-35,42-46,55,57,70H,17-18,20-21,25,36-41H2,1-15H3/b19-16-,23-22-. The number of allylic oxidation sites excluding steroid dienone is 7. The number of unbranched alkanes of at least 4 members (excludes halogenated alkanes) is 2. The Hall–Kier alpha value is -4.96. The topological polar surface area (TPSA) is 28.4 Å². The molecule has 0 aliphatic heterocycles. The molecule has 2 unspecified atom stereocenters. The van der Waals surface area contributed by atoms with Gasteiger partial charge in [0.05, 0.1) is 11.3 Å². The lowest BCUT2D eigenvalue weighted by Crippen LogP contribution is -2.44. The molecule has 0 bridgehead atoms. The summed E-state index contributed by atoms with van der Waals surface area (Å²) in [5.41, 5.74) is 16.2. The molecule has 8 rings (SSSR count). The second-order valence-electron chi connectivity index (χ2n) is 26.2. The number of rotatable bonds is 18. The van der Waals surface area contributed by atoms with Crippen LogP contribution in [0.3, 0.4) is 0 Å². The van der Waals surface area contributed by atoms with Crippen LogP contribution in [0.1, 0.15) is 197 Å². The van der Waals surface area contributed by atoms with Crippen molar-refractivity contribution in [3.05, 3.63) is 155 Å². The zero-order chi connectivity index (χ0) is 51.9. The van der Waals surface area contributed by atoms with Gasteiger partial charge in [0.2, 0.25) is 7.28 Å². The van der Waals surface area contributed by atoms with Crippen molar-refractivity contribution in [3.8, 4) is 0 Å². The summed E-state index contributed by atoms with van der Waals surface area (Å²) in [7, 11) is 2.29. The number of nitrogens with one attached hydrogen (secondary N) is 1. The third-order valence-corrected chi connectivity index (χ3v) is 17.9. The van der Waals surface area contributed by atoms with Crippen LogP contribution in [-0.2, 0) is 21.7 Å². The van der Waals surface area contributed by atoms with Crippen LogP contribution in [0, 0.1) is 22.7 Å². The summed E-state index contributed by atoms with van der Waals surface area (Å²) in [5, 5.41) is 5.22. The summed E-state index contributed by atoms with van der Waals surface area (Å²) < 4.78 is 7.29. The van der Waals surface area contributed by atoms with Gasteiger partial charge in [0.15, 0.2) is 0 Å². The Labute approximate surface area is 438 Å². The van der Waals surface area contributed by atoms with Crippen LogP contribution in [-0.4, -0.2) is 7.28 Å². The van der Waals surface area contributed by atoms with Crippen LogP contribution in [0.5, 0.6) is 0 Å². The lowest BCUT2D eigenvalue weighted by Gasteiger charge is -2.52. The quantitative estimate of drug-likeness (QED) is 0.0701. The summed E-state index contributed by atoms with van der Waals surface area (Å²) in [6.45, 7) is 35.9.